The van der Waals surface area contributed by atoms with Gasteiger partial charge >= 0.3 is 6.18 Å². The zero-order chi connectivity index (χ0) is 18.9. The van der Waals surface area contributed by atoms with Crippen molar-refractivity contribution in [1.82, 2.24) is 14.4 Å². The summed E-state index contributed by atoms with van der Waals surface area (Å²) in [6.07, 6.45) is -3.68. The summed E-state index contributed by atoms with van der Waals surface area (Å²) in [7, 11) is -3.85. The van der Waals surface area contributed by atoms with E-state index in [1.165, 1.54) is 16.4 Å². The van der Waals surface area contributed by atoms with E-state index >= 15 is 0 Å². The Labute approximate surface area is 148 Å². The Kier molecular flexibility index (Phi) is 5.13. The molecule has 0 atom stereocenters. The lowest BCUT2D eigenvalue weighted by Crippen LogP contribution is -2.48. The van der Waals surface area contributed by atoms with Crippen molar-refractivity contribution in [3.8, 4) is 11.5 Å². The molecule has 3 rings (SSSR count). The Balaban J connectivity index is 1.76. The summed E-state index contributed by atoms with van der Waals surface area (Å²) >= 11 is 0. The summed E-state index contributed by atoms with van der Waals surface area (Å²) in [5.41, 5.74) is -0.216. The number of alkyl halides is 3. The molecule has 1 aliphatic rings. The van der Waals surface area contributed by atoms with Crippen molar-refractivity contribution in [2.24, 2.45) is 0 Å². The summed E-state index contributed by atoms with van der Waals surface area (Å²) in [5.74, 6) is -1.38. The van der Waals surface area contributed by atoms with Crippen LogP contribution in [0.15, 0.2) is 32.2 Å². The van der Waals surface area contributed by atoms with E-state index in [-0.39, 0.29) is 16.5 Å². The maximum atomic E-state index is 12.7. The predicted octanol–water partition coefficient (Wildman–Crippen LogP) is 2.67. The smallest absolute Gasteiger partial charge is 0.441 e. The fourth-order valence-electron chi connectivity index (χ4n) is 2.76. The normalized spacial score (nSPS) is 17.7. The zero-order valence-corrected chi connectivity index (χ0v) is 14.8. The van der Waals surface area contributed by atoms with E-state index in [2.05, 4.69) is 21.5 Å². The molecule has 11 heteroatoms. The Morgan fingerprint density at radius 2 is 1.88 bits per heavy atom. The molecule has 3 heterocycles. The number of furan rings is 1. The molecule has 0 amide bonds. The Bertz CT molecular complexity index is 852. The molecule has 2 aromatic rings. The van der Waals surface area contributed by atoms with Gasteiger partial charge in [-0.1, -0.05) is 12.1 Å². The van der Waals surface area contributed by atoms with Crippen LogP contribution >= 0.6 is 0 Å². The Morgan fingerprint density at radius 1 is 1.19 bits per heavy atom. The minimum absolute atomic E-state index is 0.104. The third-order valence-electron chi connectivity index (χ3n) is 4.09. The van der Waals surface area contributed by atoms with Crippen LogP contribution < -0.4 is 0 Å². The minimum Gasteiger partial charge on any atom is -0.441 e. The average Bonchev–Trinajstić information content (AvgIpc) is 3.25. The van der Waals surface area contributed by atoms with Crippen LogP contribution in [0, 0.1) is 0 Å². The molecule has 2 aromatic heterocycles. The molecule has 0 unspecified atom stereocenters. The van der Waals surface area contributed by atoms with Crippen LogP contribution in [0.4, 0.5) is 13.2 Å². The van der Waals surface area contributed by atoms with E-state index in [0.29, 0.717) is 32.2 Å². The summed E-state index contributed by atoms with van der Waals surface area (Å²) in [6, 6.07) is 3.14. The van der Waals surface area contributed by atoms with Crippen molar-refractivity contribution in [2.75, 3.05) is 32.7 Å². The van der Waals surface area contributed by atoms with Gasteiger partial charge in [0.1, 0.15) is 5.69 Å². The van der Waals surface area contributed by atoms with Crippen LogP contribution in [-0.4, -0.2) is 55.5 Å². The van der Waals surface area contributed by atoms with Gasteiger partial charge in [-0.05, 0) is 25.1 Å². The number of hydrogen-bond acceptors (Lipinski definition) is 6. The van der Waals surface area contributed by atoms with E-state index in [4.69, 9.17) is 4.42 Å². The maximum Gasteiger partial charge on any atom is 0.452 e. The van der Waals surface area contributed by atoms with Gasteiger partial charge in [-0.15, -0.1) is 0 Å². The average molecular weight is 393 g/mol. The molecule has 0 saturated carbocycles. The number of piperazine rings is 1. The molecular formula is C15H18F3N3O4S. The molecule has 0 spiro atoms. The Morgan fingerprint density at radius 3 is 2.46 bits per heavy atom. The zero-order valence-electron chi connectivity index (χ0n) is 14.0. The van der Waals surface area contributed by atoms with E-state index < -0.39 is 22.0 Å². The van der Waals surface area contributed by atoms with Crippen LogP contribution in [0.1, 0.15) is 19.1 Å². The van der Waals surface area contributed by atoms with E-state index in [0.717, 1.165) is 13.0 Å². The maximum absolute atomic E-state index is 12.7. The third kappa shape index (κ3) is 3.79. The van der Waals surface area contributed by atoms with Crippen molar-refractivity contribution in [1.29, 1.82) is 0 Å². The lowest BCUT2D eigenvalue weighted by Gasteiger charge is -2.33. The quantitative estimate of drug-likeness (QED) is 0.777. The Hall–Kier alpha value is -1.85. The molecule has 1 fully saturated rings. The highest BCUT2D eigenvalue weighted by Crippen LogP contribution is 2.33. The first-order chi connectivity index (χ1) is 12.2. The highest BCUT2D eigenvalue weighted by molar-refractivity contribution is 7.89. The van der Waals surface area contributed by atoms with Crippen molar-refractivity contribution < 1.29 is 30.5 Å². The first-order valence-electron chi connectivity index (χ1n) is 8.08. The summed E-state index contributed by atoms with van der Waals surface area (Å²) in [4.78, 5) is 2.17. The van der Waals surface area contributed by atoms with Crippen molar-refractivity contribution >= 4 is 10.0 Å². The summed E-state index contributed by atoms with van der Waals surface area (Å²) in [5, 5.41) is 2.96. The number of halogens is 3. The molecule has 0 N–H and O–H groups in total. The molecule has 0 aromatic carbocycles. The lowest BCUT2D eigenvalue weighted by molar-refractivity contribution is -0.155. The van der Waals surface area contributed by atoms with Crippen LogP contribution in [0.5, 0.6) is 0 Å². The van der Waals surface area contributed by atoms with Crippen LogP contribution in [0.2, 0.25) is 0 Å². The lowest BCUT2D eigenvalue weighted by atomic mass is 10.3. The monoisotopic (exact) mass is 393 g/mol. The summed E-state index contributed by atoms with van der Waals surface area (Å²) in [6.45, 7) is 4.88. The highest BCUT2D eigenvalue weighted by Gasteiger charge is 2.37. The van der Waals surface area contributed by atoms with Gasteiger partial charge in [0.2, 0.25) is 10.9 Å². The van der Waals surface area contributed by atoms with Crippen molar-refractivity contribution in [3.05, 3.63) is 24.0 Å². The van der Waals surface area contributed by atoms with Gasteiger partial charge in [-0.25, -0.2) is 8.42 Å². The van der Waals surface area contributed by atoms with E-state index in [9.17, 15) is 21.6 Å². The van der Waals surface area contributed by atoms with E-state index in [1.807, 2.05) is 0 Å². The highest BCUT2D eigenvalue weighted by atomic mass is 32.2. The molecule has 1 saturated heterocycles. The molecule has 7 nitrogen and oxygen atoms in total. The van der Waals surface area contributed by atoms with Gasteiger partial charge in [0.15, 0.2) is 5.76 Å². The largest absolute Gasteiger partial charge is 0.452 e. The van der Waals surface area contributed by atoms with Crippen molar-refractivity contribution in [2.45, 2.75) is 24.6 Å². The van der Waals surface area contributed by atoms with Gasteiger partial charge in [0, 0.05) is 32.2 Å². The predicted molar refractivity (Wildman–Crippen MR) is 84.7 cm³/mol. The molecular weight excluding hydrogens is 375 g/mol. The number of hydrogen-bond donors (Lipinski definition) is 0. The second kappa shape index (κ2) is 7.05. The second-order valence-electron chi connectivity index (χ2n) is 5.94. The molecule has 144 valence electrons. The SMILES string of the molecule is CCCN1CCN(S(=O)(=O)c2ccc(-c3cc(C(F)(F)F)on3)o2)CC1. The van der Waals surface area contributed by atoms with Crippen molar-refractivity contribution in [3.63, 3.8) is 0 Å². The van der Waals surface area contributed by atoms with Gasteiger partial charge in [0.25, 0.3) is 10.0 Å². The first-order valence-corrected chi connectivity index (χ1v) is 9.52. The van der Waals surface area contributed by atoms with Gasteiger partial charge in [-0.3, -0.25) is 0 Å². The summed E-state index contributed by atoms with van der Waals surface area (Å²) < 4.78 is 73.8. The molecule has 1 aliphatic heterocycles. The number of nitrogens with zero attached hydrogens (tertiary/aromatic N) is 3. The van der Waals surface area contributed by atoms with Crippen LogP contribution in [0.3, 0.4) is 0 Å². The van der Waals surface area contributed by atoms with Gasteiger partial charge < -0.3 is 13.8 Å². The number of rotatable bonds is 5. The molecule has 0 bridgehead atoms. The topological polar surface area (TPSA) is 79.8 Å². The minimum atomic E-state index is -4.68. The number of aromatic nitrogens is 1. The van der Waals surface area contributed by atoms with Crippen LogP contribution in [0.25, 0.3) is 11.5 Å². The van der Waals surface area contributed by atoms with E-state index in [1.54, 1.807) is 0 Å². The fourth-order valence-corrected chi connectivity index (χ4v) is 4.09. The fraction of sp³-hybridized carbons (Fsp3) is 0.533. The van der Waals surface area contributed by atoms with Gasteiger partial charge in [-0.2, -0.15) is 17.5 Å². The van der Waals surface area contributed by atoms with Crippen LogP contribution in [-0.2, 0) is 16.2 Å². The third-order valence-corrected chi connectivity index (χ3v) is 5.86. The number of sulfonamides is 1. The molecule has 0 radical (unpaired) electrons. The van der Waals surface area contributed by atoms with Gasteiger partial charge in [0.05, 0.1) is 0 Å². The molecule has 26 heavy (non-hydrogen) atoms. The second-order valence-corrected chi connectivity index (χ2v) is 7.81. The standard InChI is InChI=1S/C15H18F3N3O4S/c1-2-5-20-6-8-21(9-7-20)26(22,23)14-4-3-12(24-14)11-10-13(25-19-11)15(16,17)18/h3-4,10H,2,5-9H2,1H3. The molecule has 0 aliphatic carbocycles. The first kappa shape index (κ1) is 18.9.